The van der Waals surface area contributed by atoms with Crippen molar-refractivity contribution in [2.45, 2.75) is 32.4 Å². The molecule has 7 heteroatoms. The van der Waals surface area contributed by atoms with Gasteiger partial charge in [-0.25, -0.2) is 9.78 Å². The summed E-state index contributed by atoms with van der Waals surface area (Å²) in [5.74, 6) is 1.00. The fourth-order valence-electron chi connectivity index (χ4n) is 3.53. The van der Waals surface area contributed by atoms with Crippen LogP contribution in [0.5, 0.6) is 0 Å². The van der Waals surface area contributed by atoms with Crippen molar-refractivity contribution in [2.24, 2.45) is 0 Å². The second-order valence-electron chi connectivity index (χ2n) is 7.11. The second kappa shape index (κ2) is 9.19. The Bertz CT molecular complexity index is 581. The minimum Gasteiger partial charge on any atom is -0.378 e. The van der Waals surface area contributed by atoms with E-state index in [2.05, 4.69) is 33.2 Å². The van der Waals surface area contributed by atoms with Crippen LogP contribution in [0, 0.1) is 0 Å². The summed E-state index contributed by atoms with van der Waals surface area (Å²) in [4.78, 5) is 23.4. The van der Waals surface area contributed by atoms with E-state index in [0.29, 0.717) is 12.6 Å². The van der Waals surface area contributed by atoms with E-state index in [1.165, 1.54) is 0 Å². The van der Waals surface area contributed by atoms with E-state index in [-0.39, 0.29) is 6.03 Å². The number of carbonyl (C=O) groups is 1. The number of likely N-dealkylation sites (tertiary alicyclic amines) is 1. The zero-order valence-electron chi connectivity index (χ0n) is 16.0. The van der Waals surface area contributed by atoms with Gasteiger partial charge in [0.05, 0.1) is 6.10 Å². The Hall–Kier alpha value is -1.86. The Balaban J connectivity index is 1.47. The summed E-state index contributed by atoms with van der Waals surface area (Å²) in [6.45, 7) is 8.92. The quantitative estimate of drug-likeness (QED) is 0.862. The molecule has 3 rings (SSSR count). The van der Waals surface area contributed by atoms with Gasteiger partial charge in [-0.1, -0.05) is 0 Å². The molecule has 3 heterocycles. The van der Waals surface area contributed by atoms with Gasteiger partial charge in [0, 0.05) is 58.6 Å². The Morgan fingerprint density at radius 3 is 2.65 bits per heavy atom. The number of nitrogens with one attached hydrogen (secondary N) is 1. The molecule has 144 valence electrons. The van der Waals surface area contributed by atoms with Crippen molar-refractivity contribution in [3.8, 4) is 0 Å². The summed E-state index contributed by atoms with van der Waals surface area (Å²) < 4.78 is 5.64. The van der Waals surface area contributed by atoms with Crippen molar-refractivity contribution in [1.82, 2.24) is 20.1 Å². The van der Waals surface area contributed by atoms with Crippen LogP contribution >= 0.6 is 0 Å². The number of hydrogen-bond acceptors (Lipinski definition) is 5. The van der Waals surface area contributed by atoms with E-state index in [4.69, 9.17) is 4.74 Å². The molecule has 2 fully saturated rings. The molecule has 0 unspecified atom stereocenters. The van der Waals surface area contributed by atoms with E-state index in [9.17, 15) is 4.79 Å². The molecular formula is C19H31N5O2. The second-order valence-corrected chi connectivity index (χ2v) is 7.11. The van der Waals surface area contributed by atoms with Gasteiger partial charge in [-0.15, -0.1) is 0 Å². The van der Waals surface area contributed by atoms with E-state index in [1.54, 1.807) is 0 Å². The van der Waals surface area contributed by atoms with Gasteiger partial charge in [0.25, 0.3) is 0 Å². The first-order valence-electron chi connectivity index (χ1n) is 9.68. The molecule has 26 heavy (non-hydrogen) atoms. The van der Waals surface area contributed by atoms with Crippen LogP contribution in [0.4, 0.5) is 10.6 Å². The molecule has 0 spiro atoms. The van der Waals surface area contributed by atoms with E-state index < -0.39 is 0 Å². The standard InChI is InChI=1S/C19H31N5O2/c1-3-26-17-5-8-24(9-6-17)19(25)21-15-16-4-7-20-18(14-16)23-12-10-22(2)11-13-23/h4,7,14,17H,3,5-6,8-13,15H2,1-2H3,(H,21,25). The first-order valence-corrected chi connectivity index (χ1v) is 9.68. The first-order chi connectivity index (χ1) is 12.7. The average molecular weight is 361 g/mol. The molecule has 2 amide bonds. The predicted octanol–water partition coefficient (Wildman–Crippen LogP) is 1.54. The average Bonchev–Trinajstić information content (AvgIpc) is 2.68. The summed E-state index contributed by atoms with van der Waals surface area (Å²) in [6, 6.07) is 4.08. The van der Waals surface area contributed by atoms with Gasteiger partial charge in [-0.3, -0.25) is 0 Å². The van der Waals surface area contributed by atoms with E-state index in [1.807, 2.05) is 24.1 Å². The van der Waals surface area contributed by atoms with E-state index >= 15 is 0 Å². The summed E-state index contributed by atoms with van der Waals surface area (Å²) in [5.41, 5.74) is 1.09. The Labute approximate surface area is 156 Å². The number of pyridine rings is 1. The minimum atomic E-state index is 0.0120. The largest absolute Gasteiger partial charge is 0.378 e. The Morgan fingerprint density at radius 2 is 1.96 bits per heavy atom. The number of piperazine rings is 1. The third kappa shape index (κ3) is 5.08. The lowest BCUT2D eigenvalue weighted by Gasteiger charge is -2.33. The monoisotopic (exact) mass is 361 g/mol. The third-order valence-electron chi connectivity index (χ3n) is 5.21. The molecule has 2 aliphatic rings. The molecular weight excluding hydrogens is 330 g/mol. The first kappa shape index (κ1) is 18.9. The molecule has 2 saturated heterocycles. The molecule has 0 aliphatic carbocycles. The smallest absolute Gasteiger partial charge is 0.317 e. The molecule has 0 aromatic carbocycles. The van der Waals surface area contributed by atoms with Crippen LogP contribution in [0.3, 0.4) is 0 Å². The summed E-state index contributed by atoms with van der Waals surface area (Å²) in [7, 11) is 2.15. The van der Waals surface area contributed by atoms with Crippen LogP contribution in [0.1, 0.15) is 25.3 Å². The van der Waals surface area contributed by atoms with Crippen LogP contribution in [-0.2, 0) is 11.3 Å². The number of likely N-dealkylation sites (N-methyl/N-ethyl adjacent to an activating group) is 1. The Kier molecular flexibility index (Phi) is 6.68. The predicted molar refractivity (Wildman–Crippen MR) is 102 cm³/mol. The molecule has 0 atom stereocenters. The third-order valence-corrected chi connectivity index (χ3v) is 5.21. The number of aromatic nitrogens is 1. The van der Waals surface area contributed by atoms with Crippen molar-refractivity contribution < 1.29 is 9.53 Å². The maximum Gasteiger partial charge on any atom is 0.317 e. The number of rotatable bonds is 5. The molecule has 1 N–H and O–H groups in total. The number of hydrogen-bond donors (Lipinski definition) is 1. The lowest BCUT2D eigenvalue weighted by molar-refractivity contribution is 0.0220. The molecule has 0 saturated carbocycles. The van der Waals surface area contributed by atoms with Crippen LogP contribution in [0.25, 0.3) is 0 Å². The fourth-order valence-corrected chi connectivity index (χ4v) is 3.53. The topological polar surface area (TPSA) is 60.9 Å². The molecule has 1 aromatic heterocycles. The maximum absolute atomic E-state index is 12.4. The van der Waals surface area contributed by atoms with Crippen molar-refractivity contribution in [1.29, 1.82) is 0 Å². The number of nitrogens with zero attached hydrogens (tertiary/aromatic N) is 4. The summed E-state index contributed by atoms with van der Waals surface area (Å²) in [5, 5.41) is 3.04. The lowest BCUT2D eigenvalue weighted by atomic mass is 10.1. The van der Waals surface area contributed by atoms with Crippen LogP contribution in [0.2, 0.25) is 0 Å². The minimum absolute atomic E-state index is 0.0120. The number of amides is 2. The Morgan fingerprint density at radius 1 is 1.23 bits per heavy atom. The fraction of sp³-hybridized carbons (Fsp3) is 0.684. The van der Waals surface area contributed by atoms with Gasteiger partial charge in [-0.05, 0) is 44.5 Å². The lowest BCUT2D eigenvalue weighted by Crippen LogP contribution is -2.46. The van der Waals surface area contributed by atoms with Gasteiger partial charge in [0.2, 0.25) is 0 Å². The highest BCUT2D eigenvalue weighted by atomic mass is 16.5. The van der Waals surface area contributed by atoms with Crippen LogP contribution in [-0.4, -0.2) is 79.8 Å². The zero-order valence-corrected chi connectivity index (χ0v) is 16.0. The van der Waals surface area contributed by atoms with Gasteiger partial charge < -0.3 is 24.8 Å². The normalized spacial score (nSPS) is 19.6. The van der Waals surface area contributed by atoms with Crippen LogP contribution in [0.15, 0.2) is 18.3 Å². The number of ether oxygens (including phenoxy) is 1. The summed E-state index contributed by atoms with van der Waals surface area (Å²) in [6.07, 6.45) is 3.98. The van der Waals surface area contributed by atoms with Gasteiger partial charge in [0.15, 0.2) is 0 Å². The van der Waals surface area contributed by atoms with Gasteiger partial charge in [-0.2, -0.15) is 0 Å². The number of piperidine rings is 1. The highest BCUT2D eigenvalue weighted by Crippen LogP contribution is 2.16. The van der Waals surface area contributed by atoms with Crippen molar-refractivity contribution in [3.05, 3.63) is 23.9 Å². The molecule has 7 nitrogen and oxygen atoms in total. The molecule has 0 radical (unpaired) electrons. The maximum atomic E-state index is 12.4. The number of carbonyl (C=O) groups excluding carboxylic acids is 1. The zero-order chi connectivity index (χ0) is 18.4. The van der Waals surface area contributed by atoms with Crippen molar-refractivity contribution in [2.75, 3.05) is 57.8 Å². The number of anilines is 1. The SMILES string of the molecule is CCOC1CCN(C(=O)NCc2ccnc(N3CCN(C)CC3)c2)CC1. The molecule has 0 bridgehead atoms. The van der Waals surface area contributed by atoms with E-state index in [0.717, 1.165) is 70.1 Å². The van der Waals surface area contributed by atoms with Crippen molar-refractivity contribution >= 4 is 11.8 Å². The van der Waals surface area contributed by atoms with Gasteiger partial charge in [0.1, 0.15) is 5.82 Å². The highest BCUT2D eigenvalue weighted by molar-refractivity contribution is 5.74. The summed E-state index contributed by atoms with van der Waals surface area (Å²) >= 11 is 0. The van der Waals surface area contributed by atoms with Crippen molar-refractivity contribution in [3.63, 3.8) is 0 Å². The molecule has 2 aliphatic heterocycles. The van der Waals surface area contributed by atoms with Gasteiger partial charge >= 0.3 is 6.03 Å². The number of urea groups is 1. The molecule has 1 aromatic rings. The highest BCUT2D eigenvalue weighted by Gasteiger charge is 2.22. The van der Waals surface area contributed by atoms with Crippen LogP contribution < -0.4 is 10.2 Å².